The van der Waals surface area contributed by atoms with E-state index in [1.54, 1.807) is 31.2 Å². The van der Waals surface area contributed by atoms with Crippen LogP contribution in [0.15, 0.2) is 24.3 Å². The molecule has 1 aromatic carbocycles. The van der Waals surface area contributed by atoms with Crippen LogP contribution in [0.2, 0.25) is 5.02 Å². The third kappa shape index (κ3) is 3.63. The standard InChI is InChI=1S/C14H16ClNO4/c1-9(20-12-5-3-2-4-11(12)15)14(19)16(8-13(17)18)10-6-7-10/h2-5,9-10H,6-8H2,1H3,(H,17,18). The minimum atomic E-state index is -1.02. The summed E-state index contributed by atoms with van der Waals surface area (Å²) >= 11 is 5.97. The normalized spacial score (nSPS) is 15.5. The summed E-state index contributed by atoms with van der Waals surface area (Å²) in [4.78, 5) is 24.5. The van der Waals surface area contributed by atoms with E-state index in [1.165, 1.54) is 4.90 Å². The zero-order chi connectivity index (χ0) is 14.7. The number of aliphatic carboxylic acids is 1. The molecule has 1 atom stereocenters. The first-order valence-corrected chi connectivity index (χ1v) is 6.80. The van der Waals surface area contributed by atoms with Crippen LogP contribution >= 0.6 is 11.6 Å². The van der Waals surface area contributed by atoms with Gasteiger partial charge in [0.25, 0.3) is 5.91 Å². The molecule has 1 N–H and O–H groups in total. The molecule has 0 radical (unpaired) electrons. The van der Waals surface area contributed by atoms with E-state index < -0.39 is 12.1 Å². The number of amides is 1. The molecule has 1 fully saturated rings. The molecule has 1 aliphatic carbocycles. The maximum absolute atomic E-state index is 12.3. The summed E-state index contributed by atoms with van der Waals surface area (Å²) in [6.45, 7) is 1.31. The van der Waals surface area contributed by atoms with Gasteiger partial charge in [0.05, 0.1) is 5.02 Å². The third-order valence-corrected chi connectivity index (χ3v) is 3.38. The number of carboxylic acid groups (broad SMARTS) is 1. The van der Waals surface area contributed by atoms with Gasteiger partial charge in [-0.2, -0.15) is 0 Å². The van der Waals surface area contributed by atoms with Gasteiger partial charge in [0.2, 0.25) is 0 Å². The molecule has 0 heterocycles. The number of hydrogen-bond acceptors (Lipinski definition) is 3. The van der Waals surface area contributed by atoms with Crippen molar-refractivity contribution in [2.75, 3.05) is 6.54 Å². The maximum Gasteiger partial charge on any atom is 0.323 e. The number of nitrogens with zero attached hydrogens (tertiary/aromatic N) is 1. The smallest absolute Gasteiger partial charge is 0.323 e. The summed E-state index contributed by atoms with van der Waals surface area (Å²) < 4.78 is 5.53. The van der Waals surface area contributed by atoms with Gasteiger partial charge < -0.3 is 14.7 Å². The maximum atomic E-state index is 12.3. The molecule has 1 aliphatic rings. The summed E-state index contributed by atoms with van der Waals surface area (Å²) in [5.41, 5.74) is 0. The van der Waals surface area contributed by atoms with Crippen LogP contribution in [0, 0.1) is 0 Å². The highest BCUT2D eigenvalue weighted by atomic mass is 35.5. The Morgan fingerprint density at radius 2 is 2.10 bits per heavy atom. The molecular weight excluding hydrogens is 282 g/mol. The van der Waals surface area contributed by atoms with Crippen LogP contribution in [0.4, 0.5) is 0 Å². The van der Waals surface area contributed by atoms with Gasteiger partial charge in [-0.1, -0.05) is 23.7 Å². The highest BCUT2D eigenvalue weighted by molar-refractivity contribution is 6.32. The van der Waals surface area contributed by atoms with E-state index in [4.69, 9.17) is 21.4 Å². The molecule has 6 heteroatoms. The van der Waals surface area contributed by atoms with Crippen molar-refractivity contribution in [1.82, 2.24) is 4.90 Å². The predicted molar refractivity (Wildman–Crippen MR) is 73.9 cm³/mol. The van der Waals surface area contributed by atoms with Crippen molar-refractivity contribution < 1.29 is 19.4 Å². The van der Waals surface area contributed by atoms with Crippen molar-refractivity contribution in [1.29, 1.82) is 0 Å². The molecule has 0 aliphatic heterocycles. The fraction of sp³-hybridized carbons (Fsp3) is 0.429. The van der Waals surface area contributed by atoms with Crippen molar-refractivity contribution in [3.05, 3.63) is 29.3 Å². The number of rotatable bonds is 6. The SMILES string of the molecule is CC(Oc1ccccc1Cl)C(=O)N(CC(=O)O)C1CC1. The van der Waals surface area contributed by atoms with E-state index in [9.17, 15) is 9.59 Å². The van der Waals surface area contributed by atoms with E-state index >= 15 is 0 Å². The number of benzene rings is 1. The highest BCUT2D eigenvalue weighted by Crippen LogP contribution is 2.29. The molecule has 1 amide bonds. The summed E-state index contributed by atoms with van der Waals surface area (Å²) in [5.74, 6) is -0.925. The average Bonchev–Trinajstić information content (AvgIpc) is 3.22. The van der Waals surface area contributed by atoms with Crippen LogP contribution in [0.25, 0.3) is 0 Å². The Hall–Kier alpha value is -1.75. The highest BCUT2D eigenvalue weighted by Gasteiger charge is 2.36. The molecule has 0 saturated heterocycles. The van der Waals surface area contributed by atoms with Gasteiger partial charge in [0.15, 0.2) is 6.10 Å². The molecule has 5 nitrogen and oxygen atoms in total. The van der Waals surface area contributed by atoms with E-state index in [2.05, 4.69) is 0 Å². The lowest BCUT2D eigenvalue weighted by Crippen LogP contribution is -2.44. The van der Waals surface area contributed by atoms with Crippen LogP contribution in [0.5, 0.6) is 5.75 Å². The van der Waals surface area contributed by atoms with Crippen LogP contribution < -0.4 is 4.74 Å². The van der Waals surface area contributed by atoms with Gasteiger partial charge in [0.1, 0.15) is 12.3 Å². The van der Waals surface area contributed by atoms with Crippen LogP contribution in [0.3, 0.4) is 0 Å². The van der Waals surface area contributed by atoms with Gasteiger partial charge in [-0.3, -0.25) is 9.59 Å². The number of carboxylic acids is 1. The second-order valence-electron chi connectivity index (χ2n) is 4.78. The number of para-hydroxylation sites is 1. The molecule has 0 bridgehead atoms. The van der Waals surface area contributed by atoms with E-state index in [0.29, 0.717) is 10.8 Å². The Labute approximate surface area is 122 Å². The van der Waals surface area contributed by atoms with Gasteiger partial charge in [-0.15, -0.1) is 0 Å². The van der Waals surface area contributed by atoms with Gasteiger partial charge in [-0.25, -0.2) is 0 Å². The summed E-state index contributed by atoms with van der Waals surface area (Å²) in [5, 5.41) is 9.29. The van der Waals surface area contributed by atoms with E-state index in [1.807, 2.05) is 0 Å². The first kappa shape index (κ1) is 14.7. The zero-order valence-electron chi connectivity index (χ0n) is 11.1. The monoisotopic (exact) mass is 297 g/mol. The number of carbonyl (C=O) groups excluding carboxylic acids is 1. The second kappa shape index (κ2) is 6.13. The summed E-state index contributed by atoms with van der Waals surface area (Å²) in [7, 11) is 0. The number of halogens is 1. The molecular formula is C14H16ClNO4. The Morgan fingerprint density at radius 3 is 2.65 bits per heavy atom. The Bertz CT molecular complexity index is 516. The topological polar surface area (TPSA) is 66.8 Å². The quantitative estimate of drug-likeness (QED) is 0.874. The number of carbonyl (C=O) groups is 2. The van der Waals surface area contributed by atoms with Crippen LogP contribution in [0.1, 0.15) is 19.8 Å². The molecule has 108 valence electrons. The minimum absolute atomic E-state index is 0.0240. The van der Waals surface area contributed by atoms with Crippen molar-refractivity contribution in [3.8, 4) is 5.75 Å². The van der Waals surface area contributed by atoms with Crippen LogP contribution in [-0.2, 0) is 9.59 Å². The average molecular weight is 298 g/mol. The predicted octanol–water partition coefficient (Wildman–Crippen LogP) is 2.18. The van der Waals surface area contributed by atoms with Crippen molar-refractivity contribution in [2.45, 2.75) is 31.9 Å². The lowest BCUT2D eigenvalue weighted by atomic mass is 10.3. The lowest BCUT2D eigenvalue weighted by Gasteiger charge is -2.24. The first-order chi connectivity index (χ1) is 9.49. The molecule has 0 aromatic heterocycles. The second-order valence-corrected chi connectivity index (χ2v) is 5.19. The molecule has 1 saturated carbocycles. The first-order valence-electron chi connectivity index (χ1n) is 6.42. The van der Waals surface area contributed by atoms with E-state index in [0.717, 1.165) is 12.8 Å². The van der Waals surface area contributed by atoms with Gasteiger partial charge in [0, 0.05) is 6.04 Å². The summed E-state index contributed by atoms with van der Waals surface area (Å²) in [6, 6.07) is 6.89. The molecule has 20 heavy (non-hydrogen) atoms. The number of hydrogen-bond donors (Lipinski definition) is 1. The van der Waals surface area contributed by atoms with Crippen molar-refractivity contribution >= 4 is 23.5 Å². The largest absolute Gasteiger partial charge is 0.480 e. The Balaban J connectivity index is 2.03. The fourth-order valence-corrected chi connectivity index (χ4v) is 2.11. The van der Waals surface area contributed by atoms with Crippen LogP contribution in [-0.4, -0.2) is 40.6 Å². The van der Waals surface area contributed by atoms with Crippen molar-refractivity contribution in [2.24, 2.45) is 0 Å². The summed E-state index contributed by atoms with van der Waals surface area (Å²) in [6.07, 6.45) is 0.921. The third-order valence-electron chi connectivity index (χ3n) is 3.06. The van der Waals surface area contributed by atoms with Gasteiger partial charge >= 0.3 is 5.97 Å². The Kier molecular flexibility index (Phi) is 4.49. The molecule has 2 rings (SSSR count). The Morgan fingerprint density at radius 1 is 1.45 bits per heavy atom. The van der Waals surface area contributed by atoms with E-state index in [-0.39, 0.29) is 18.5 Å². The minimum Gasteiger partial charge on any atom is -0.480 e. The molecule has 1 unspecified atom stereocenters. The molecule has 0 spiro atoms. The van der Waals surface area contributed by atoms with Crippen molar-refractivity contribution in [3.63, 3.8) is 0 Å². The molecule has 1 aromatic rings. The fourth-order valence-electron chi connectivity index (χ4n) is 1.93. The zero-order valence-corrected chi connectivity index (χ0v) is 11.8. The lowest BCUT2D eigenvalue weighted by molar-refractivity contribution is -0.148. The number of ether oxygens (including phenoxy) is 1. The van der Waals surface area contributed by atoms with Gasteiger partial charge in [-0.05, 0) is 31.9 Å².